The van der Waals surface area contributed by atoms with Crippen molar-refractivity contribution in [2.75, 3.05) is 20.5 Å². The van der Waals surface area contributed by atoms with Crippen LogP contribution in [0.25, 0.3) is 0 Å². The van der Waals surface area contributed by atoms with Crippen molar-refractivity contribution in [2.24, 2.45) is 0 Å². The van der Waals surface area contributed by atoms with Crippen molar-refractivity contribution in [3.05, 3.63) is 0 Å². The molecule has 1 atom stereocenters. The first-order valence-corrected chi connectivity index (χ1v) is 3.58. The Kier molecular flexibility index (Phi) is 5.01. The average molecular weight is 191 g/mol. The third-order valence-corrected chi connectivity index (χ3v) is 1.26. The highest BCUT2D eigenvalue weighted by Gasteiger charge is 2.25. The number of rotatable bonds is 6. The summed E-state index contributed by atoms with van der Waals surface area (Å²) in [5.74, 6) is 0. The molecule has 0 aromatic carbocycles. The van der Waals surface area contributed by atoms with E-state index in [1.165, 1.54) is 14.0 Å². The van der Waals surface area contributed by atoms with Crippen LogP contribution in [-0.4, -0.2) is 43.5 Å². The van der Waals surface area contributed by atoms with Crippen molar-refractivity contribution < 1.29 is 24.2 Å². The molecule has 0 rings (SSSR count). The molecule has 2 N–H and O–H groups in total. The van der Waals surface area contributed by atoms with Gasteiger partial charge in [0.1, 0.15) is 18.6 Å². The molecule has 0 aromatic rings. The third kappa shape index (κ3) is 5.15. The molecule has 0 aliphatic heterocycles. The summed E-state index contributed by atoms with van der Waals surface area (Å²) in [7, 11) is 1.43. The smallest absolute Gasteiger partial charge is 0.405 e. The summed E-state index contributed by atoms with van der Waals surface area (Å²) in [6.45, 7) is 1.38. The van der Waals surface area contributed by atoms with Crippen LogP contribution in [0.1, 0.15) is 6.92 Å². The van der Waals surface area contributed by atoms with Gasteiger partial charge in [-0.2, -0.15) is 0 Å². The molecule has 0 radical (unpaired) electrons. The van der Waals surface area contributed by atoms with E-state index in [2.05, 4.69) is 4.74 Å². The molecule has 1 amide bonds. The number of methoxy groups -OCH3 is 1. The first-order valence-electron chi connectivity index (χ1n) is 3.58. The Labute approximate surface area is 75.8 Å². The van der Waals surface area contributed by atoms with Gasteiger partial charge in [0.15, 0.2) is 0 Å². The van der Waals surface area contributed by atoms with E-state index in [4.69, 9.17) is 9.84 Å². The second-order valence-electron chi connectivity index (χ2n) is 2.72. The van der Waals surface area contributed by atoms with E-state index in [9.17, 15) is 9.59 Å². The summed E-state index contributed by atoms with van der Waals surface area (Å²) in [5.41, 5.74) is -1.22. The van der Waals surface area contributed by atoms with Crippen LogP contribution in [0.2, 0.25) is 0 Å². The second kappa shape index (κ2) is 5.50. The largest absolute Gasteiger partial charge is 0.465 e. The highest BCUT2D eigenvalue weighted by molar-refractivity contribution is 5.74. The molecule has 0 aromatic heterocycles. The van der Waals surface area contributed by atoms with Crippen LogP contribution in [0.5, 0.6) is 0 Å². The molecule has 0 aliphatic carbocycles. The lowest BCUT2D eigenvalue weighted by Crippen LogP contribution is -2.50. The normalized spacial score (nSPS) is 14.6. The fourth-order valence-electron chi connectivity index (χ4n) is 0.681. The lowest BCUT2D eigenvalue weighted by atomic mass is 10.1. The minimum atomic E-state index is -1.27. The maximum atomic E-state index is 10.5. The molecule has 1 unspecified atom stereocenters. The summed E-state index contributed by atoms with van der Waals surface area (Å²) >= 11 is 0. The fraction of sp³-hybridized carbons (Fsp3) is 0.714. The lowest BCUT2D eigenvalue weighted by Gasteiger charge is -2.22. The van der Waals surface area contributed by atoms with Gasteiger partial charge in [-0.05, 0) is 6.92 Å². The summed E-state index contributed by atoms with van der Waals surface area (Å²) in [6, 6.07) is 0. The van der Waals surface area contributed by atoms with Crippen molar-refractivity contribution in [3.63, 3.8) is 0 Å². The SMILES string of the molecule is COCOCC(C)(C=O)NC(=O)O. The summed E-state index contributed by atoms with van der Waals surface area (Å²) in [5, 5.41) is 10.4. The van der Waals surface area contributed by atoms with Crippen LogP contribution in [0.15, 0.2) is 0 Å². The number of aldehydes is 1. The summed E-state index contributed by atoms with van der Waals surface area (Å²) in [6.07, 6.45) is -0.785. The molecule has 0 bridgehead atoms. The molecular formula is C7H13NO5. The Bertz CT molecular complexity index is 184. The van der Waals surface area contributed by atoms with Gasteiger partial charge in [-0.25, -0.2) is 4.79 Å². The average Bonchev–Trinajstić information content (AvgIpc) is 2.04. The molecule has 0 fully saturated rings. The Morgan fingerprint density at radius 2 is 2.31 bits per heavy atom. The number of hydrogen-bond donors (Lipinski definition) is 2. The molecule has 0 heterocycles. The zero-order valence-corrected chi connectivity index (χ0v) is 7.57. The Morgan fingerprint density at radius 1 is 1.69 bits per heavy atom. The van der Waals surface area contributed by atoms with Gasteiger partial charge in [-0.3, -0.25) is 0 Å². The predicted octanol–water partition coefficient (Wildman–Crippen LogP) is -0.168. The highest BCUT2D eigenvalue weighted by Crippen LogP contribution is 2.00. The van der Waals surface area contributed by atoms with Gasteiger partial charge < -0.3 is 24.7 Å². The van der Waals surface area contributed by atoms with Crippen molar-refractivity contribution in [3.8, 4) is 0 Å². The number of carboxylic acid groups (broad SMARTS) is 1. The molecule has 6 heteroatoms. The highest BCUT2D eigenvalue weighted by atomic mass is 16.7. The molecular weight excluding hydrogens is 178 g/mol. The van der Waals surface area contributed by atoms with Crippen molar-refractivity contribution in [1.29, 1.82) is 0 Å². The van der Waals surface area contributed by atoms with Gasteiger partial charge >= 0.3 is 6.09 Å². The van der Waals surface area contributed by atoms with Gasteiger partial charge in [-0.1, -0.05) is 0 Å². The molecule has 76 valence electrons. The van der Waals surface area contributed by atoms with E-state index < -0.39 is 11.6 Å². The number of nitrogens with one attached hydrogen (secondary N) is 1. The van der Waals surface area contributed by atoms with Crippen molar-refractivity contribution in [2.45, 2.75) is 12.5 Å². The summed E-state index contributed by atoms with van der Waals surface area (Å²) < 4.78 is 9.43. The maximum absolute atomic E-state index is 10.5. The monoisotopic (exact) mass is 191 g/mol. The lowest BCUT2D eigenvalue weighted by molar-refractivity contribution is -0.117. The molecule has 0 saturated carbocycles. The number of hydrogen-bond acceptors (Lipinski definition) is 4. The zero-order valence-electron chi connectivity index (χ0n) is 7.57. The molecule has 0 saturated heterocycles. The predicted molar refractivity (Wildman–Crippen MR) is 43.5 cm³/mol. The van der Waals surface area contributed by atoms with Crippen molar-refractivity contribution in [1.82, 2.24) is 5.32 Å². The van der Waals surface area contributed by atoms with E-state index in [0.717, 1.165) is 0 Å². The Morgan fingerprint density at radius 3 is 2.69 bits per heavy atom. The van der Waals surface area contributed by atoms with Gasteiger partial charge in [0.05, 0.1) is 6.61 Å². The van der Waals surface area contributed by atoms with Crippen LogP contribution in [0.4, 0.5) is 4.79 Å². The molecule has 6 nitrogen and oxygen atoms in total. The standard InChI is InChI=1S/C7H13NO5/c1-7(3-9,8-6(10)11)4-13-5-12-2/h3,8H,4-5H2,1-2H3,(H,10,11). The van der Waals surface area contributed by atoms with Crippen LogP contribution in [-0.2, 0) is 14.3 Å². The van der Waals surface area contributed by atoms with Crippen LogP contribution >= 0.6 is 0 Å². The molecule has 0 aliphatic rings. The van der Waals surface area contributed by atoms with Crippen LogP contribution in [0, 0.1) is 0 Å². The summed E-state index contributed by atoms with van der Waals surface area (Å²) in [4.78, 5) is 20.8. The molecule has 13 heavy (non-hydrogen) atoms. The Balaban J connectivity index is 3.96. The number of carbonyl (C=O) groups excluding carboxylic acids is 1. The number of ether oxygens (including phenoxy) is 2. The first kappa shape index (κ1) is 11.9. The number of amides is 1. The minimum Gasteiger partial charge on any atom is -0.465 e. The fourth-order valence-corrected chi connectivity index (χ4v) is 0.681. The maximum Gasteiger partial charge on any atom is 0.405 e. The van der Waals surface area contributed by atoms with Gasteiger partial charge in [-0.15, -0.1) is 0 Å². The van der Waals surface area contributed by atoms with E-state index in [0.29, 0.717) is 6.29 Å². The first-order chi connectivity index (χ1) is 6.04. The van der Waals surface area contributed by atoms with E-state index >= 15 is 0 Å². The van der Waals surface area contributed by atoms with E-state index in [1.807, 2.05) is 5.32 Å². The zero-order chi connectivity index (χ0) is 10.3. The van der Waals surface area contributed by atoms with Crippen molar-refractivity contribution >= 4 is 12.4 Å². The number of carbonyl (C=O) groups is 2. The van der Waals surface area contributed by atoms with E-state index in [1.54, 1.807) is 0 Å². The van der Waals surface area contributed by atoms with Crippen LogP contribution < -0.4 is 5.32 Å². The minimum absolute atomic E-state index is 0.0186. The molecule has 0 spiro atoms. The van der Waals surface area contributed by atoms with Gasteiger partial charge in [0.2, 0.25) is 0 Å². The van der Waals surface area contributed by atoms with Gasteiger partial charge in [0, 0.05) is 7.11 Å². The Hall–Kier alpha value is -1.14. The van der Waals surface area contributed by atoms with E-state index in [-0.39, 0.29) is 13.4 Å². The third-order valence-electron chi connectivity index (χ3n) is 1.26. The second-order valence-corrected chi connectivity index (χ2v) is 2.72. The van der Waals surface area contributed by atoms with Gasteiger partial charge in [0.25, 0.3) is 0 Å². The van der Waals surface area contributed by atoms with Crippen LogP contribution in [0.3, 0.4) is 0 Å². The topological polar surface area (TPSA) is 84.9 Å². The quantitative estimate of drug-likeness (QED) is 0.346.